The fraction of sp³-hybridized carbons (Fsp3) is 0.158. The summed E-state index contributed by atoms with van der Waals surface area (Å²) in [7, 11) is 0. The van der Waals surface area contributed by atoms with Crippen molar-refractivity contribution in [1.29, 1.82) is 0 Å². The monoisotopic (exact) mass is 364 g/mol. The highest BCUT2D eigenvalue weighted by Crippen LogP contribution is 2.26. The van der Waals surface area contributed by atoms with Gasteiger partial charge >= 0.3 is 0 Å². The molecule has 0 bridgehead atoms. The van der Waals surface area contributed by atoms with Gasteiger partial charge in [0.15, 0.2) is 12.3 Å². The Bertz CT molecular complexity index is 983. The third-order valence-electron chi connectivity index (χ3n) is 4.28. The molecule has 2 aromatic rings. The molecule has 136 valence electrons. The van der Waals surface area contributed by atoms with Gasteiger partial charge in [0, 0.05) is 17.7 Å². The fourth-order valence-corrected chi connectivity index (χ4v) is 2.96. The first-order valence-corrected chi connectivity index (χ1v) is 8.43. The van der Waals surface area contributed by atoms with E-state index in [0.29, 0.717) is 29.8 Å². The van der Waals surface area contributed by atoms with Gasteiger partial charge in [-0.25, -0.2) is 5.43 Å². The molecule has 2 aliphatic heterocycles. The predicted octanol–water partition coefficient (Wildman–Crippen LogP) is 1.42. The van der Waals surface area contributed by atoms with Crippen molar-refractivity contribution >= 4 is 34.8 Å². The maximum Gasteiger partial charge on any atom is 0.277 e. The van der Waals surface area contributed by atoms with Crippen molar-refractivity contribution in [2.45, 2.75) is 12.8 Å². The summed E-state index contributed by atoms with van der Waals surface area (Å²) in [5.74, 6) is -0.330. The van der Waals surface area contributed by atoms with E-state index in [2.05, 4.69) is 21.2 Å². The van der Waals surface area contributed by atoms with E-state index < -0.39 is 5.91 Å². The molecule has 2 aliphatic rings. The van der Waals surface area contributed by atoms with Crippen LogP contribution in [-0.2, 0) is 20.8 Å². The molecule has 0 atom stereocenters. The third kappa shape index (κ3) is 3.50. The van der Waals surface area contributed by atoms with Gasteiger partial charge in [0.25, 0.3) is 11.8 Å². The number of nitrogens with one attached hydrogen (secondary N) is 3. The molecule has 8 nitrogen and oxygen atoms in total. The second kappa shape index (κ2) is 6.91. The first-order valence-electron chi connectivity index (χ1n) is 8.43. The van der Waals surface area contributed by atoms with Crippen LogP contribution in [0, 0.1) is 0 Å². The van der Waals surface area contributed by atoms with Gasteiger partial charge in [-0.05, 0) is 36.2 Å². The van der Waals surface area contributed by atoms with E-state index in [1.165, 1.54) is 0 Å². The first-order chi connectivity index (χ1) is 13.1. The Kier molecular flexibility index (Phi) is 4.29. The second-order valence-corrected chi connectivity index (χ2v) is 6.15. The number of carbonyl (C=O) groups is 3. The van der Waals surface area contributed by atoms with Crippen LogP contribution >= 0.6 is 0 Å². The number of aryl methyl sites for hydroxylation is 1. The lowest BCUT2D eigenvalue weighted by Crippen LogP contribution is -2.27. The Hall–Kier alpha value is -3.68. The summed E-state index contributed by atoms with van der Waals surface area (Å²) in [5, 5.41) is 9.38. The Morgan fingerprint density at radius 1 is 1.07 bits per heavy atom. The number of benzene rings is 2. The second-order valence-electron chi connectivity index (χ2n) is 6.15. The van der Waals surface area contributed by atoms with E-state index in [1.54, 1.807) is 42.5 Å². The minimum atomic E-state index is -0.481. The Labute approximate surface area is 154 Å². The number of carbonyl (C=O) groups excluding carboxylic acids is 3. The maximum absolute atomic E-state index is 12.0. The summed E-state index contributed by atoms with van der Waals surface area (Å²) in [6.45, 7) is -0.245. The number of rotatable bonds is 4. The molecule has 0 saturated carbocycles. The van der Waals surface area contributed by atoms with Crippen molar-refractivity contribution in [3.8, 4) is 5.75 Å². The van der Waals surface area contributed by atoms with Crippen molar-refractivity contribution < 1.29 is 19.1 Å². The van der Waals surface area contributed by atoms with Crippen LogP contribution in [0.2, 0.25) is 0 Å². The summed E-state index contributed by atoms with van der Waals surface area (Å²) in [4.78, 5) is 35.3. The van der Waals surface area contributed by atoms with Crippen LogP contribution in [0.1, 0.15) is 17.5 Å². The lowest BCUT2D eigenvalue weighted by molar-refractivity contribution is -0.123. The zero-order valence-electron chi connectivity index (χ0n) is 14.2. The van der Waals surface area contributed by atoms with Crippen LogP contribution in [0.5, 0.6) is 5.75 Å². The number of nitrogens with zero attached hydrogens (tertiary/aromatic N) is 1. The molecule has 8 heteroatoms. The summed E-state index contributed by atoms with van der Waals surface area (Å²) < 4.78 is 5.48. The molecule has 27 heavy (non-hydrogen) atoms. The summed E-state index contributed by atoms with van der Waals surface area (Å²) in [5.41, 5.74) is 5.52. The smallest absolute Gasteiger partial charge is 0.277 e. The quantitative estimate of drug-likeness (QED) is 0.713. The molecule has 4 rings (SSSR count). The number of ether oxygens (including phenoxy) is 1. The summed E-state index contributed by atoms with van der Waals surface area (Å²) in [6, 6.07) is 12.3. The Morgan fingerprint density at radius 2 is 1.93 bits per heavy atom. The van der Waals surface area contributed by atoms with Crippen LogP contribution in [0.3, 0.4) is 0 Å². The molecule has 0 aliphatic carbocycles. The number of para-hydroxylation sites is 1. The molecule has 0 fully saturated rings. The normalized spacial score (nSPS) is 16.2. The van der Waals surface area contributed by atoms with Crippen LogP contribution in [0.25, 0.3) is 0 Å². The molecular weight excluding hydrogens is 348 g/mol. The number of hydrogen-bond donors (Lipinski definition) is 3. The minimum Gasteiger partial charge on any atom is -0.484 e. The standard InChI is InChI=1S/C19H16N4O4/c24-16-8-5-11-9-12(6-7-14(11)20-16)27-10-17(25)22-23-18-13-3-1-2-4-15(13)21-19(18)26/h1-4,6-7,9H,5,8,10H2,(H,20,24)(H,22,25)(H,21,23,26). The largest absolute Gasteiger partial charge is 0.484 e. The SMILES string of the molecule is O=C(COc1ccc2c(c1)CCC(=O)N2)N/N=C1\C(=O)Nc2ccccc21. The van der Waals surface area contributed by atoms with Crippen LogP contribution in [0.4, 0.5) is 11.4 Å². The van der Waals surface area contributed by atoms with Crippen LogP contribution < -0.4 is 20.8 Å². The minimum absolute atomic E-state index is 0.00724. The van der Waals surface area contributed by atoms with E-state index in [9.17, 15) is 14.4 Å². The fourth-order valence-electron chi connectivity index (χ4n) is 2.96. The van der Waals surface area contributed by atoms with Gasteiger partial charge in [0.1, 0.15) is 5.75 Å². The molecule has 0 aromatic heterocycles. The van der Waals surface area contributed by atoms with Crippen molar-refractivity contribution in [2.75, 3.05) is 17.2 Å². The molecule has 2 aromatic carbocycles. The maximum atomic E-state index is 12.0. The summed E-state index contributed by atoms with van der Waals surface area (Å²) >= 11 is 0. The highest BCUT2D eigenvalue weighted by Gasteiger charge is 2.25. The molecule has 3 amide bonds. The topological polar surface area (TPSA) is 109 Å². The Balaban J connectivity index is 1.37. The van der Waals surface area contributed by atoms with Gasteiger partial charge in [-0.1, -0.05) is 18.2 Å². The van der Waals surface area contributed by atoms with Crippen molar-refractivity contribution in [2.24, 2.45) is 5.10 Å². The lowest BCUT2D eigenvalue weighted by atomic mass is 10.0. The molecule has 0 radical (unpaired) electrons. The summed E-state index contributed by atoms with van der Waals surface area (Å²) in [6.07, 6.45) is 1.06. The first kappa shape index (κ1) is 16.8. The molecule has 3 N–H and O–H groups in total. The van der Waals surface area contributed by atoms with Gasteiger partial charge in [-0.2, -0.15) is 5.10 Å². The molecule has 0 saturated heterocycles. The number of fused-ring (bicyclic) bond motifs is 2. The van der Waals surface area contributed by atoms with Crippen molar-refractivity contribution in [3.05, 3.63) is 53.6 Å². The Morgan fingerprint density at radius 3 is 2.81 bits per heavy atom. The van der Waals surface area contributed by atoms with Gasteiger partial charge in [0.2, 0.25) is 5.91 Å². The number of anilines is 2. The number of hydrogen-bond acceptors (Lipinski definition) is 5. The number of hydrazone groups is 1. The molecule has 0 spiro atoms. The van der Waals surface area contributed by atoms with Gasteiger partial charge in [-0.3, -0.25) is 14.4 Å². The van der Waals surface area contributed by atoms with Gasteiger partial charge in [0.05, 0.1) is 5.69 Å². The van der Waals surface area contributed by atoms with E-state index in [0.717, 1.165) is 11.3 Å². The van der Waals surface area contributed by atoms with Crippen LogP contribution in [0.15, 0.2) is 47.6 Å². The van der Waals surface area contributed by atoms with Gasteiger partial charge in [-0.15, -0.1) is 0 Å². The van der Waals surface area contributed by atoms with Crippen LogP contribution in [-0.4, -0.2) is 30.0 Å². The van der Waals surface area contributed by atoms with E-state index in [1.807, 2.05) is 0 Å². The molecule has 2 heterocycles. The highest BCUT2D eigenvalue weighted by atomic mass is 16.5. The molecular formula is C19H16N4O4. The van der Waals surface area contributed by atoms with E-state index in [-0.39, 0.29) is 24.1 Å². The van der Waals surface area contributed by atoms with Gasteiger partial charge < -0.3 is 15.4 Å². The average molecular weight is 364 g/mol. The zero-order chi connectivity index (χ0) is 18.8. The number of amides is 3. The third-order valence-corrected chi connectivity index (χ3v) is 4.28. The van der Waals surface area contributed by atoms with Crippen molar-refractivity contribution in [1.82, 2.24) is 5.43 Å². The average Bonchev–Trinajstić information content (AvgIpc) is 2.99. The zero-order valence-corrected chi connectivity index (χ0v) is 14.2. The molecule has 0 unspecified atom stereocenters. The highest BCUT2D eigenvalue weighted by molar-refractivity contribution is 6.53. The predicted molar refractivity (Wildman–Crippen MR) is 98.6 cm³/mol. The van der Waals surface area contributed by atoms with E-state index in [4.69, 9.17) is 4.74 Å². The van der Waals surface area contributed by atoms with E-state index >= 15 is 0 Å². The lowest BCUT2D eigenvalue weighted by Gasteiger charge is -2.17. The van der Waals surface area contributed by atoms with Crippen molar-refractivity contribution in [3.63, 3.8) is 0 Å².